The lowest BCUT2D eigenvalue weighted by Crippen LogP contribution is -2.31. The third-order valence-electron chi connectivity index (χ3n) is 4.84. The van der Waals surface area contributed by atoms with E-state index in [4.69, 9.17) is 9.47 Å². The summed E-state index contributed by atoms with van der Waals surface area (Å²) in [7, 11) is 0. The lowest BCUT2D eigenvalue weighted by atomic mass is 10.1. The maximum Gasteiger partial charge on any atom is 0.407 e. The van der Waals surface area contributed by atoms with Crippen LogP contribution in [0.5, 0.6) is 0 Å². The molecule has 2 amide bonds. The summed E-state index contributed by atoms with van der Waals surface area (Å²) in [5.41, 5.74) is -0.285. The summed E-state index contributed by atoms with van der Waals surface area (Å²) in [4.78, 5) is 37.4. The van der Waals surface area contributed by atoms with Crippen LogP contribution in [0, 0.1) is 0 Å². The molecule has 0 saturated heterocycles. The number of hydrogen-bond donors (Lipinski definition) is 2. The molecule has 0 bridgehead atoms. The zero-order valence-electron chi connectivity index (χ0n) is 21.0. The first kappa shape index (κ1) is 28.9. The lowest BCUT2D eigenvalue weighted by Gasteiger charge is -2.19. The zero-order chi connectivity index (χ0) is 24.7. The van der Waals surface area contributed by atoms with Crippen molar-refractivity contribution in [1.82, 2.24) is 5.32 Å². The van der Waals surface area contributed by atoms with Gasteiger partial charge in [-0.2, -0.15) is 0 Å². The Hall–Kier alpha value is -2.09. The Kier molecular flexibility index (Phi) is 13.8. The number of rotatable bonds is 15. The van der Waals surface area contributed by atoms with E-state index in [0.717, 1.165) is 24.1 Å². The van der Waals surface area contributed by atoms with Gasteiger partial charge < -0.3 is 20.1 Å². The molecule has 1 rings (SSSR count). The summed E-state index contributed by atoms with van der Waals surface area (Å²) < 4.78 is 10.4. The quantitative estimate of drug-likeness (QED) is 0.212. The number of ether oxygens (including phenoxy) is 2. The molecule has 0 fully saturated rings. The summed E-state index contributed by atoms with van der Waals surface area (Å²) in [6.07, 6.45) is 10.6. The number of carbonyl (C=O) groups is 3. The van der Waals surface area contributed by atoms with Crippen molar-refractivity contribution in [1.29, 1.82) is 0 Å². The smallest absolute Gasteiger partial charge is 0.407 e. The Bertz CT molecular complexity index is 740. The second-order valence-corrected chi connectivity index (χ2v) is 10.3. The van der Waals surface area contributed by atoms with E-state index < -0.39 is 17.7 Å². The molecule has 1 aromatic heterocycles. The van der Waals surface area contributed by atoms with Gasteiger partial charge in [-0.3, -0.25) is 4.79 Å². The van der Waals surface area contributed by atoms with Gasteiger partial charge in [-0.1, -0.05) is 58.3 Å². The van der Waals surface area contributed by atoms with E-state index in [2.05, 4.69) is 17.6 Å². The minimum atomic E-state index is -0.593. The molecule has 0 aliphatic carbocycles. The number of unbranched alkanes of at least 4 members (excludes halogenated alkanes) is 8. The van der Waals surface area contributed by atoms with Crippen molar-refractivity contribution >= 4 is 34.3 Å². The minimum absolute atomic E-state index is 0.114. The summed E-state index contributed by atoms with van der Waals surface area (Å²) in [6, 6.07) is 1.65. The van der Waals surface area contributed by atoms with Gasteiger partial charge >= 0.3 is 12.1 Å². The van der Waals surface area contributed by atoms with E-state index in [1.807, 2.05) is 0 Å². The van der Waals surface area contributed by atoms with Crippen LogP contribution in [-0.2, 0) is 20.8 Å². The highest BCUT2D eigenvalue weighted by molar-refractivity contribution is 7.16. The van der Waals surface area contributed by atoms with Gasteiger partial charge in [0.1, 0.15) is 10.6 Å². The van der Waals surface area contributed by atoms with Crippen LogP contribution in [0.2, 0.25) is 0 Å². The fraction of sp³-hybridized carbons (Fsp3) is 0.720. The van der Waals surface area contributed by atoms with Gasteiger partial charge in [0.15, 0.2) is 0 Å². The molecule has 2 N–H and O–H groups in total. The van der Waals surface area contributed by atoms with Gasteiger partial charge in [0.25, 0.3) is 0 Å². The fourth-order valence-electron chi connectivity index (χ4n) is 3.24. The molecule has 1 heterocycles. The molecule has 0 atom stereocenters. The molecule has 8 heteroatoms. The van der Waals surface area contributed by atoms with E-state index in [1.165, 1.54) is 49.9 Å². The molecule has 33 heavy (non-hydrogen) atoms. The molecule has 0 radical (unpaired) electrons. The standard InChI is InChI=1S/C25H42N2O5S/c1-6-8-9-10-11-12-13-14-15-16-21(28)27-22-20(23(29)31-7-2)17-19(33-22)18-26-24(30)32-25(3,4)5/h17H,6-16,18H2,1-5H3,(H,26,30)(H,27,28). The molecule has 0 spiro atoms. The Balaban J connectivity index is 2.53. The van der Waals surface area contributed by atoms with Crippen molar-refractivity contribution in [3.8, 4) is 0 Å². The Morgan fingerprint density at radius 1 is 0.939 bits per heavy atom. The van der Waals surface area contributed by atoms with E-state index in [9.17, 15) is 14.4 Å². The average molecular weight is 483 g/mol. The Labute approximate surface area is 203 Å². The van der Waals surface area contributed by atoms with E-state index >= 15 is 0 Å². The van der Waals surface area contributed by atoms with Crippen LogP contribution in [0.3, 0.4) is 0 Å². The van der Waals surface area contributed by atoms with Crippen LogP contribution >= 0.6 is 11.3 Å². The number of amides is 2. The van der Waals surface area contributed by atoms with Crippen molar-refractivity contribution in [2.24, 2.45) is 0 Å². The van der Waals surface area contributed by atoms with Gasteiger partial charge in [-0.05, 0) is 40.2 Å². The molecule has 0 unspecified atom stereocenters. The predicted octanol–water partition coefficient (Wildman–Crippen LogP) is 6.81. The number of alkyl carbamates (subject to hydrolysis) is 1. The Morgan fingerprint density at radius 3 is 2.12 bits per heavy atom. The molecule has 1 aromatic rings. The second kappa shape index (κ2) is 15.7. The SMILES string of the molecule is CCCCCCCCCCCC(=O)Nc1sc(CNC(=O)OC(C)(C)C)cc1C(=O)OCC. The van der Waals surface area contributed by atoms with Crippen LogP contribution < -0.4 is 10.6 Å². The summed E-state index contributed by atoms with van der Waals surface area (Å²) in [5, 5.41) is 5.98. The number of hydrogen-bond acceptors (Lipinski definition) is 6. The highest BCUT2D eigenvalue weighted by Crippen LogP contribution is 2.29. The number of anilines is 1. The third-order valence-corrected chi connectivity index (χ3v) is 5.90. The molecule has 0 saturated carbocycles. The maximum absolute atomic E-state index is 12.4. The zero-order valence-corrected chi connectivity index (χ0v) is 21.8. The van der Waals surface area contributed by atoms with E-state index in [1.54, 1.807) is 33.8 Å². The summed E-state index contributed by atoms with van der Waals surface area (Å²) >= 11 is 1.26. The first-order valence-electron chi connectivity index (χ1n) is 12.2. The minimum Gasteiger partial charge on any atom is -0.462 e. The molecule has 0 aliphatic heterocycles. The van der Waals surface area contributed by atoms with Crippen molar-refractivity contribution in [2.45, 2.75) is 111 Å². The molecule has 7 nitrogen and oxygen atoms in total. The van der Waals surface area contributed by atoms with Crippen LogP contribution in [0.1, 0.15) is 114 Å². The Morgan fingerprint density at radius 2 is 1.55 bits per heavy atom. The number of thiophene rings is 1. The van der Waals surface area contributed by atoms with Gasteiger partial charge in [0.05, 0.1) is 18.7 Å². The first-order valence-corrected chi connectivity index (χ1v) is 13.0. The largest absolute Gasteiger partial charge is 0.462 e. The van der Waals surface area contributed by atoms with Crippen LogP contribution in [0.15, 0.2) is 6.07 Å². The van der Waals surface area contributed by atoms with Gasteiger partial charge in [-0.15, -0.1) is 11.3 Å². The summed E-state index contributed by atoms with van der Waals surface area (Å²) in [6.45, 7) is 9.76. The van der Waals surface area contributed by atoms with Crippen molar-refractivity contribution in [2.75, 3.05) is 11.9 Å². The normalized spacial score (nSPS) is 11.2. The van der Waals surface area contributed by atoms with Crippen LogP contribution in [0.4, 0.5) is 9.80 Å². The highest BCUT2D eigenvalue weighted by atomic mass is 32.1. The number of carbonyl (C=O) groups excluding carboxylic acids is 3. The van der Waals surface area contributed by atoms with E-state index in [0.29, 0.717) is 17.0 Å². The van der Waals surface area contributed by atoms with Crippen molar-refractivity contribution in [3.05, 3.63) is 16.5 Å². The molecule has 0 aromatic carbocycles. The molecule has 0 aliphatic rings. The second-order valence-electron chi connectivity index (χ2n) is 9.16. The number of nitrogens with one attached hydrogen (secondary N) is 2. The van der Waals surface area contributed by atoms with E-state index in [-0.39, 0.29) is 19.1 Å². The van der Waals surface area contributed by atoms with Gasteiger partial charge in [0, 0.05) is 11.3 Å². The van der Waals surface area contributed by atoms with Gasteiger partial charge in [0.2, 0.25) is 5.91 Å². The predicted molar refractivity (Wildman–Crippen MR) is 134 cm³/mol. The molecule has 188 valence electrons. The maximum atomic E-state index is 12.4. The van der Waals surface area contributed by atoms with Crippen LogP contribution in [-0.4, -0.2) is 30.2 Å². The molecular formula is C25H42N2O5S. The van der Waals surface area contributed by atoms with Gasteiger partial charge in [-0.25, -0.2) is 9.59 Å². The van der Waals surface area contributed by atoms with Crippen molar-refractivity contribution < 1.29 is 23.9 Å². The van der Waals surface area contributed by atoms with Crippen molar-refractivity contribution in [3.63, 3.8) is 0 Å². The topological polar surface area (TPSA) is 93.7 Å². The first-order chi connectivity index (χ1) is 15.7. The molecular weight excluding hydrogens is 440 g/mol. The lowest BCUT2D eigenvalue weighted by molar-refractivity contribution is -0.116. The average Bonchev–Trinajstić information content (AvgIpc) is 3.12. The highest BCUT2D eigenvalue weighted by Gasteiger charge is 2.20. The third kappa shape index (κ3) is 13.3. The monoisotopic (exact) mass is 482 g/mol. The summed E-state index contributed by atoms with van der Waals surface area (Å²) in [5.74, 6) is -0.604. The fourth-order valence-corrected chi connectivity index (χ4v) is 4.24. The van der Waals surface area contributed by atoms with Crippen LogP contribution in [0.25, 0.3) is 0 Å². The number of esters is 1.